The number of fused-ring (bicyclic) bond motifs is 1. The van der Waals surface area contributed by atoms with Crippen LogP contribution < -0.4 is 0 Å². The summed E-state index contributed by atoms with van der Waals surface area (Å²) in [6.07, 6.45) is 0.998. The standard InChI is InChI=1S/C11H18O4/c1-5-11(6-12)7(2)8-9(15-11)14-10(3,4)13-8/h6-9H,5H2,1-4H3/t7-,8+,9-,11+/m0/s1. The fourth-order valence-electron chi connectivity index (χ4n) is 2.41. The van der Waals surface area contributed by atoms with Crippen LogP contribution >= 0.6 is 0 Å². The fraction of sp³-hybridized carbons (Fsp3) is 0.909. The maximum atomic E-state index is 11.1. The molecule has 0 aliphatic carbocycles. The van der Waals surface area contributed by atoms with Crippen molar-refractivity contribution in [3.63, 3.8) is 0 Å². The van der Waals surface area contributed by atoms with Crippen LogP contribution in [0.15, 0.2) is 0 Å². The van der Waals surface area contributed by atoms with Crippen molar-refractivity contribution < 1.29 is 19.0 Å². The number of ether oxygens (including phenoxy) is 3. The van der Waals surface area contributed by atoms with E-state index in [2.05, 4.69) is 0 Å². The molecular formula is C11H18O4. The van der Waals surface area contributed by atoms with Gasteiger partial charge in [0.2, 0.25) is 0 Å². The van der Waals surface area contributed by atoms with Gasteiger partial charge in [-0.1, -0.05) is 13.8 Å². The molecule has 0 aromatic carbocycles. The predicted molar refractivity (Wildman–Crippen MR) is 53.2 cm³/mol. The number of carbonyl (C=O) groups excluding carboxylic acids is 1. The molecule has 2 aliphatic heterocycles. The molecule has 2 saturated heterocycles. The summed E-state index contributed by atoms with van der Waals surface area (Å²) >= 11 is 0. The Morgan fingerprint density at radius 3 is 2.40 bits per heavy atom. The molecule has 0 bridgehead atoms. The number of hydrogen-bond acceptors (Lipinski definition) is 4. The highest BCUT2D eigenvalue weighted by Gasteiger charge is 2.59. The van der Waals surface area contributed by atoms with E-state index in [1.807, 2.05) is 27.7 Å². The van der Waals surface area contributed by atoms with Crippen LogP contribution in [0.1, 0.15) is 34.1 Å². The molecule has 2 aliphatic rings. The zero-order valence-electron chi connectivity index (χ0n) is 9.65. The van der Waals surface area contributed by atoms with Crippen LogP contribution in [-0.2, 0) is 19.0 Å². The van der Waals surface area contributed by atoms with Crippen LogP contribution in [-0.4, -0.2) is 30.1 Å². The molecular weight excluding hydrogens is 196 g/mol. The molecule has 0 N–H and O–H groups in total. The molecule has 15 heavy (non-hydrogen) atoms. The van der Waals surface area contributed by atoms with Crippen molar-refractivity contribution in [1.29, 1.82) is 0 Å². The molecule has 0 saturated carbocycles. The molecule has 2 rings (SSSR count). The fourth-order valence-corrected chi connectivity index (χ4v) is 2.41. The Bertz CT molecular complexity index is 276. The first-order valence-electron chi connectivity index (χ1n) is 5.44. The van der Waals surface area contributed by atoms with Gasteiger partial charge in [-0.3, -0.25) is 0 Å². The van der Waals surface area contributed by atoms with E-state index in [1.54, 1.807) is 0 Å². The summed E-state index contributed by atoms with van der Waals surface area (Å²) in [6, 6.07) is 0. The largest absolute Gasteiger partial charge is 0.341 e. The van der Waals surface area contributed by atoms with E-state index in [4.69, 9.17) is 14.2 Å². The van der Waals surface area contributed by atoms with Crippen LogP contribution in [0.5, 0.6) is 0 Å². The SMILES string of the molecule is CC[C@]1(C=O)O[C@@H]2OC(C)(C)O[C@@H]2[C@@H]1C. The Balaban J connectivity index is 2.21. The maximum absolute atomic E-state index is 11.1. The van der Waals surface area contributed by atoms with Gasteiger partial charge < -0.3 is 19.0 Å². The third-order valence-corrected chi connectivity index (χ3v) is 3.44. The normalized spacial score (nSPS) is 47.9. The zero-order valence-corrected chi connectivity index (χ0v) is 9.65. The Morgan fingerprint density at radius 1 is 1.27 bits per heavy atom. The molecule has 0 aromatic heterocycles. The van der Waals surface area contributed by atoms with Crippen LogP contribution in [0, 0.1) is 5.92 Å². The minimum Gasteiger partial charge on any atom is -0.341 e. The molecule has 4 atom stereocenters. The first-order valence-corrected chi connectivity index (χ1v) is 5.44. The molecule has 4 heteroatoms. The first-order chi connectivity index (χ1) is 6.94. The second kappa shape index (κ2) is 3.27. The quantitative estimate of drug-likeness (QED) is 0.653. The van der Waals surface area contributed by atoms with Crippen LogP contribution in [0.2, 0.25) is 0 Å². The van der Waals surface area contributed by atoms with Crippen molar-refractivity contribution >= 4 is 6.29 Å². The summed E-state index contributed by atoms with van der Waals surface area (Å²) in [7, 11) is 0. The van der Waals surface area contributed by atoms with E-state index < -0.39 is 17.7 Å². The highest BCUT2D eigenvalue weighted by atomic mass is 16.8. The van der Waals surface area contributed by atoms with Gasteiger partial charge in [-0.25, -0.2) is 0 Å². The highest BCUT2D eigenvalue weighted by molar-refractivity contribution is 5.64. The molecule has 4 nitrogen and oxygen atoms in total. The second-order valence-corrected chi connectivity index (χ2v) is 4.80. The van der Waals surface area contributed by atoms with E-state index in [-0.39, 0.29) is 12.0 Å². The van der Waals surface area contributed by atoms with Crippen LogP contribution in [0.3, 0.4) is 0 Å². The Morgan fingerprint density at radius 2 is 1.93 bits per heavy atom. The van der Waals surface area contributed by atoms with Crippen molar-refractivity contribution in [1.82, 2.24) is 0 Å². The second-order valence-electron chi connectivity index (χ2n) is 4.80. The molecule has 0 radical (unpaired) electrons. The van der Waals surface area contributed by atoms with Gasteiger partial charge in [-0.05, 0) is 20.3 Å². The van der Waals surface area contributed by atoms with Crippen LogP contribution in [0.25, 0.3) is 0 Å². The molecule has 0 amide bonds. The van der Waals surface area contributed by atoms with E-state index >= 15 is 0 Å². The minimum absolute atomic E-state index is 0.0341. The monoisotopic (exact) mass is 214 g/mol. The zero-order chi connectivity index (χ0) is 11.3. The summed E-state index contributed by atoms with van der Waals surface area (Å²) < 4.78 is 17.0. The van der Waals surface area contributed by atoms with Crippen molar-refractivity contribution in [2.75, 3.05) is 0 Å². The highest BCUT2D eigenvalue weighted by Crippen LogP contribution is 2.46. The summed E-state index contributed by atoms with van der Waals surface area (Å²) in [6.45, 7) is 7.64. The third-order valence-electron chi connectivity index (χ3n) is 3.44. The number of hydrogen-bond donors (Lipinski definition) is 0. The van der Waals surface area contributed by atoms with Gasteiger partial charge in [-0.2, -0.15) is 0 Å². The molecule has 0 spiro atoms. The van der Waals surface area contributed by atoms with Gasteiger partial charge in [0.25, 0.3) is 0 Å². The summed E-state index contributed by atoms with van der Waals surface area (Å²) in [5.41, 5.74) is -0.730. The minimum atomic E-state index is -0.730. The average molecular weight is 214 g/mol. The van der Waals surface area contributed by atoms with Crippen molar-refractivity contribution in [2.24, 2.45) is 5.92 Å². The lowest BCUT2D eigenvalue weighted by Crippen LogP contribution is -2.40. The predicted octanol–water partition coefficient (Wildman–Crippen LogP) is 1.48. The molecule has 0 unspecified atom stereocenters. The molecule has 86 valence electrons. The van der Waals surface area contributed by atoms with E-state index in [9.17, 15) is 4.79 Å². The number of carbonyl (C=O) groups is 1. The third kappa shape index (κ3) is 1.51. The topological polar surface area (TPSA) is 44.8 Å². The molecule has 2 fully saturated rings. The lowest BCUT2D eigenvalue weighted by Gasteiger charge is -2.29. The lowest BCUT2D eigenvalue weighted by molar-refractivity contribution is -0.226. The van der Waals surface area contributed by atoms with Gasteiger partial charge in [0.05, 0.1) is 0 Å². The van der Waals surface area contributed by atoms with Crippen LogP contribution in [0.4, 0.5) is 0 Å². The van der Waals surface area contributed by atoms with E-state index in [0.717, 1.165) is 6.29 Å². The first kappa shape index (κ1) is 11.0. The lowest BCUT2D eigenvalue weighted by atomic mass is 9.86. The van der Waals surface area contributed by atoms with Gasteiger partial charge in [0.1, 0.15) is 11.7 Å². The van der Waals surface area contributed by atoms with Gasteiger partial charge in [-0.15, -0.1) is 0 Å². The summed E-state index contributed by atoms with van der Waals surface area (Å²) in [5, 5.41) is 0. The molecule has 2 heterocycles. The van der Waals surface area contributed by atoms with Crippen molar-refractivity contribution in [3.05, 3.63) is 0 Å². The maximum Gasteiger partial charge on any atom is 0.188 e. The Hall–Kier alpha value is -0.450. The average Bonchev–Trinajstić information content (AvgIpc) is 2.59. The summed E-state index contributed by atoms with van der Waals surface area (Å²) in [4.78, 5) is 11.1. The van der Waals surface area contributed by atoms with Gasteiger partial charge >= 0.3 is 0 Å². The summed E-state index contributed by atoms with van der Waals surface area (Å²) in [5.74, 6) is -0.571. The number of rotatable bonds is 2. The van der Waals surface area contributed by atoms with Crippen molar-refractivity contribution in [2.45, 2.75) is 57.9 Å². The Labute approximate surface area is 89.9 Å². The van der Waals surface area contributed by atoms with Gasteiger partial charge in [0.15, 0.2) is 18.4 Å². The smallest absolute Gasteiger partial charge is 0.188 e. The van der Waals surface area contributed by atoms with Gasteiger partial charge in [0, 0.05) is 5.92 Å². The van der Waals surface area contributed by atoms with E-state index in [0.29, 0.717) is 6.42 Å². The van der Waals surface area contributed by atoms with Crippen molar-refractivity contribution in [3.8, 4) is 0 Å². The Kier molecular flexibility index (Phi) is 2.41. The number of aldehydes is 1. The van der Waals surface area contributed by atoms with E-state index in [1.165, 1.54) is 0 Å². The molecule has 0 aromatic rings.